The fourth-order valence-corrected chi connectivity index (χ4v) is 5.87. The predicted molar refractivity (Wildman–Crippen MR) is 110 cm³/mol. The molecule has 0 unspecified atom stereocenters. The number of hydrogen-bond donors (Lipinski definition) is 3. The molecule has 4 aliphatic rings. The second-order valence-electron chi connectivity index (χ2n) is 10.2. The molecule has 4 amide bonds. The number of esters is 1. The molecule has 168 valence electrons. The van der Waals surface area contributed by atoms with Crippen LogP contribution in [-0.4, -0.2) is 42.5 Å². The van der Waals surface area contributed by atoms with Crippen LogP contribution in [-0.2, 0) is 19.1 Å². The molecule has 3 N–H and O–H groups in total. The number of nitrogens with one attached hydrogen (secondary N) is 3. The van der Waals surface area contributed by atoms with Crippen LogP contribution < -0.4 is 16.0 Å². The molecule has 8 heteroatoms. The molecular weight excluding hydrogens is 386 g/mol. The monoisotopic (exact) mass is 421 g/mol. The minimum absolute atomic E-state index is 0.0435. The first kappa shape index (κ1) is 22.6. The molecule has 4 bridgehead atoms. The van der Waals surface area contributed by atoms with Gasteiger partial charge in [-0.1, -0.05) is 13.8 Å². The van der Waals surface area contributed by atoms with Crippen LogP contribution in [0, 0.1) is 29.1 Å². The Labute approximate surface area is 178 Å². The lowest BCUT2D eigenvalue weighted by atomic mass is 9.49. The number of amides is 4. The first-order valence-electron chi connectivity index (χ1n) is 11.2. The highest BCUT2D eigenvalue weighted by molar-refractivity contribution is 5.96. The zero-order valence-electron chi connectivity index (χ0n) is 18.5. The molecule has 0 aromatic carbocycles. The number of rotatable bonds is 7. The standard InChI is InChI=1S/C22H35N3O5/c1-12(2)18(19(27)30-11-17(26)24-21(29)23-13(3)4)25-20(28)22-8-14-5-15(9-22)7-16(6-14)10-22/h12-16,18H,5-11H2,1-4H3,(H,25,28)(H2,23,24,26,29)/t14?,15?,16?,18-,22?/m1/s1. The third-order valence-electron chi connectivity index (χ3n) is 6.75. The Bertz CT molecular complexity index is 668. The first-order valence-corrected chi connectivity index (χ1v) is 11.2. The molecule has 0 heterocycles. The number of hydrogen-bond acceptors (Lipinski definition) is 5. The maximum absolute atomic E-state index is 13.3. The van der Waals surface area contributed by atoms with Gasteiger partial charge in [0, 0.05) is 11.5 Å². The van der Waals surface area contributed by atoms with Crippen LogP contribution in [0.25, 0.3) is 0 Å². The number of imide groups is 1. The Hall–Kier alpha value is -2.12. The van der Waals surface area contributed by atoms with Crippen molar-refractivity contribution in [1.82, 2.24) is 16.0 Å². The summed E-state index contributed by atoms with van der Waals surface area (Å²) in [5, 5.41) is 7.57. The van der Waals surface area contributed by atoms with E-state index in [9.17, 15) is 19.2 Å². The minimum atomic E-state index is -0.817. The molecule has 8 nitrogen and oxygen atoms in total. The van der Waals surface area contributed by atoms with Crippen molar-refractivity contribution in [2.45, 2.75) is 78.3 Å². The van der Waals surface area contributed by atoms with Gasteiger partial charge in [-0.25, -0.2) is 9.59 Å². The second kappa shape index (κ2) is 8.94. The third-order valence-corrected chi connectivity index (χ3v) is 6.75. The zero-order valence-corrected chi connectivity index (χ0v) is 18.5. The number of carbonyl (C=O) groups excluding carboxylic acids is 4. The van der Waals surface area contributed by atoms with Crippen molar-refractivity contribution in [2.75, 3.05) is 6.61 Å². The molecule has 0 spiro atoms. The van der Waals surface area contributed by atoms with Crippen molar-refractivity contribution >= 4 is 23.8 Å². The van der Waals surface area contributed by atoms with Crippen LogP contribution in [0.5, 0.6) is 0 Å². The van der Waals surface area contributed by atoms with Gasteiger partial charge in [0.05, 0.1) is 0 Å². The Kier molecular flexibility index (Phi) is 6.72. The van der Waals surface area contributed by atoms with Gasteiger partial charge in [0.15, 0.2) is 6.61 Å². The quantitative estimate of drug-likeness (QED) is 0.545. The van der Waals surface area contributed by atoms with Crippen LogP contribution in [0.15, 0.2) is 0 Å². The summed E-state index contributed by atoms with van der Waals surface area (Å²) in [5.41, 5.74) is -0.353. The van der Waals surface area contributed by atoms with E-state index in [4.69, 9.17) is 4.74 Å². The van der Waals surface area contributed by atoms with E-state index in [0.29, 0.717) is 17.8 Å². The SMILES string of the molecule is CC(C)NC(=O)NC(=O)COC(=O)[C@H](NC(=O)C12CC3CC(CC(C3)C1)C2)C(C)C. The summed E-state index contributed by atoms with van der Waals surface area (Å²) < 4.78 is 5.11. The van der Waals surface area contributed by atoms with E-state index in [1.54, 1.807) is 13.8 Å². The maximum atomic E-state index is 13.3. The molecular formula is C22H35N3O5. The summed E-state index contributed by atoms with van der Waals surface area (Å²) in [6.45, 7) is 6.64. The van der Waals surface area contributed by atoms with E-state index in [1.165, 1.54) is 19.3 Å². The lowest BCUT2D eigenvalue weighted by Gasteiger charge is -2.55. The largest absolute Gasteiger partial charge is 0.454 e. The van der Waals surface area contributed by atoms with Crippen LogP contribution in [0.3, 0.4) is 0 Å². The Morgan fingerprint density at radius 3 is 1.90 bits per heavy atom. The van der Waals surface area contributed by atoms with Gasteiger partial charge in [0.1, 0.15) is 6.04 Å². The van der Waals surface area contributed by atoms with Gasteiger partial charge in [0.2, 0.25) is 5.91 Å². The molecule has 30 heavy (non-hydrogen) atoms. The van der Waals surface area contributed by atoms with Crippen molar-refractivity contribution in [1.29, 1.82) is 0 Å². The van der Waals surface area contributed by atoms with E-state index in [-0.39, 0.29) is 23.3 Å². The van der Waals surface area contributed by atoms with Gasteiger partial charge in [-0.05, 0) is 76.0 Å². The smallest absolute Gasteiger partial charge is 0.329 e. The molecule has 0 aliphatic heterocycles. The van der Waals surface area contributed by atoms with E-state index < -0.39 is 30.6 Å². The summed E-state index contributed by atoms with van der Waals surface area (Å²) in [5.74, 6) is 0.311. The molecule has 4 aliphatic carbocycles. The molecule has 0 saturated heterocycles. The van der Waals surface area contributed by atoms with Gasteiger partial charge >= 0.3 is 12.0 Å². The summed E-state index contributed by atoms with van der Waals surface area (Å²) in [6.07, 6.45) is 6.46. The summed E-state index contributed by atoms with van der Waals surface area (Å²) in [7, 11) is 0. The van der Waals surface area contributed by atoms with E-state index in [2.05, 4.69) is 16.0 Å². The van der Waals surface area contributed by atoms with E-state index in [1.807, 2.05) is 13.8 Å². The van der Waals surface area contributed by atoms with Crippen molar-refractivity contribution in [3.63, 3.8) is 0 Å². The van der Waals surface area contributed by atoms with E-state index in [0.717, 1.165) is 19.3 Å². The lowest BCUT2D eigenvalue weighted by Crippen LogP contribution is -2.57. The topological polar surface area (TPSA) is 114 Å². The second-order valence-corrected chi connectivity index (χ2v) is 10.2. The number of ether oxygens (including phenoxy) is 1. The Balaban J connectivity index is 1.54. The van der Waals surface area contributed by atoms with Crippen molar-refractivity contribution < 1.29 is 23.9 Å². The van der Waals surface area contributed by atoms with Crippen LogP contribution in [0.1, 0.15) is 66.2 Å². The first-order chi connectivity index (χ1) is 14.1. The number of carbonyl (C=O) groups is 4. The molecule has 0 aromatic heterocycles. The van der Waals surface area contributed by atoms with Crippen LogP contribution in [0.4, 0.5) is 4.79 Å². The van der Waals surface area contributed by atoms with Gasteiger partial charge in [0.25, 0.3) is 5.91 Å². The Morgan fingerprint density at radius 1 is 0.900 bits per heavy atom. The average molecular weight is 422 g/mol. The summed E-state index contributed by atoms with van der Waals surface area (Å²) in [6, 6.07) is -1.57. The molecule has 4 rings (SSSR count). The maximum Gasteiger partial charge on any atom is 0.329 e. The molecule has 1 atom stereocenters. The van der Waals surface area contributed by atoms with Crippen LogP contribution >= 0.6 is 0 Å². The summed E-state index contributed by atoms with van der Waals surface area (Å²) in [4.78, 5) is 49.3. The Morgan fingerprint density at radius 2 is 1.43 bits per heavy atom. The van der Waals surface area contributed by atoms with Gasteiger partial charge in [-0.3, -0.25) is 14.9 Å². The average Bonchev–Trinajstić information content (AvgIpc) is 2.61. The van der Waals surface area contributed by atoms with Crippen molar-refractivity contribution in [3.8, 4) is 0 Å². The third kappa shape index (κ3) is 5.13. The fraction of sp³-hybridized carbons (Fsp3) is 0.818. The zero-order chi connectivity index (χ0) is 22.1. The van der Waals surface area contributed by atoms with Crippen LogP contribution in [0.2, 0.25) is 0 Å². The highest BCUT2D eigenvalue weighted by Crippen LogP contribution is 2.60. The normalized spacial score (nSPS) is 30.1. The summed E-state index contributed by atoms with van der Waals surface area (Å²) >= 11 is 0. The van der Waals surface area contributed by atoms with Gasteiger partial charge in [-0.15, -0.1) is 0 Å². The van der Waals surface area contributed by atoms with E-state index >= 15 is 0 Å². The predicted octanol–water partition coefficient (Wildman–Crippen LogP) is 2.12. The van der Waals surface area contributed by atoms with Crippen molar-refractivity contribution in [2.24, 2.45) is 29.1 Å². The molecule has 4 saturated carbocycles. The molecule has 0 radical (unpaired) electrons. The fourth-order valence-electron chi connectivity index (χ4n) is 5.87. The van der Waals surface area contributed by atoms with Gasteiger partial charge < -0.3 is 15.4 Å². The lowest BCUT2D eigenvalue weighted by molar-refractivity contribution is -0.157. The molecule has 0 aromatic rings. The highest BCUT2D eigenvalue weighted by atomic mass is 16.5. The molecule has 4 fully saturated rings. The van der Waals surface area contributed by atoms with Gasteiger partial charge in [-0.2, -0.15) is 0 Å². The van der Waals surface area contributed by atoms with Crippen molar-refractivity contribution in [3.05, 3.63) is 0 Å². The highest BCUT2D eigenvalue weighted by Gasteiger charge is 2.55. The minimum Gasteiger partial charge on any atom is -0.454 e. The number of urea groups is 1.